The van der Waals surface area contributed by atoms with Crippen molar-refractivity contribution < 1.29 is 0 Å². The molecular formula is C12H9Br3. The van der Waals surface area contributed by atoms with Gasteiger partial charge < -0.3 is 0 Å². The van der Waals surface area contributed by atoms with Crippen molar-refractivity contribution in [1.29, 1.82) is 0 Å². The van der Waals surface area contributed by atoms with Crippen molar-refractivity contribution in [3.05, 3.63) is 58.6 Å². The summed E-state index contributed by atoms with van der Waals surface area (Å²) >= 11 is 11.0. The highest BCUT2D eigenvalue weighted by atomic mass is 79.9. The zero-order chi connectivity index (χ0) is 10.9. The number of hydrogen-bond acceptors (Lipinski definition) is 0. The first kappa shape index (κ1) is 11.6. The number of benzene rings is 1. The van der Waals surface area contributed by atoms with E-state index in [9.17, 15) is 0 Å². The predicted molar refractivity (Wildman–Crippen MR) is 75.9 cm³/mol. The van der Waals surface area contributed by atoms with Crippen molar-refractivity contribution in [1.82, 2.24) is 0 Å². The van der Waals surface area contributed by atoms with E-state index in [1.807, 2.05) is 12.1 Å². The Hall–Kier alpha value is 0.140. The molecule has 15 heavy (non-hydrogen) atoms. The van der Waals surface area contributed by atoms with E-state index in [4.69, 9.17) is 0 Å². The lowest BCUT2D eigenvalue weighted by atomic mass is 9.92. The van der Waals surface area contributed by atoms with Crippen LogP contribution in [0.2, 0.25) is 0 Å². The molecule has 0 saturated carbocycles. The van der Waals surface area contributed by atoms with Crippen LogP contribution in [0.1, 0.15) is 11.5 Å². The van der Waals surface area contributed by atoms with Crippen LogP contribution in [-0.2, 0) is 0 Å². The minimum Gasteiger partial charge on any atom is -0.0670 e. The van der Waals surface area contributed by atoms with Gasteiger partial charge in [0.15, 0.2) is 0 Å². The van der Waals surface area contributed by atoms with Gasteiger partial charge >= 0.3 is 0 Å². The van der Waals surface area contributed by atoms with Crippen molar-refractivity contribution >= 4 is 47.8 Å². The minimum atomic E-state index is -0.199. The lowest BCUT2D eigenvalue weighted by molar-refractivity contribution is 0.839. The van der Waals surface area contributed by atoms with Crippen LogP contribution < -0.4 is 0 Å². The summed E-state index contributed by atoms with van der Waals surface area (Å²) in [5, 5.41) is 0. The Balaban J connectivity index is 2.44. The van der Waals surface area contributed by atoms with E-state index in [1.165, 1.54) is 10.0 Å². The third-order valence-electron chi connectivity index (χ3n) is 2.37. The Labute approximate surface area is 115 Å². The van der Waals surface area contributed by atoms with Crippen molar-refractivity contribution in [2.24, 2.45) is 0 Å². The van der Waals surface area contributed by atoms with Gasteiger partial charge in [-0.05, 0) is 5.56 Å². The van der Waals surface area contributed by atoms with Gasteiger partial charge in [0.2, 0.25) is 0 Å². The fourth-order valence-corrected chi connectivity index (χ4v) is 4.39. The second-order valence-electron chi connectivity index (χ2n) is 3.43. The van der Waals surface area contributed by atoms with Crippen molar-refractivity contribution in [2.45, 2.75) is 9.15 Å². The average molecular weight is 393 g/mol. The smallest absolute Gasteiger partial charge is 0.0670 e. The molecule has 2 rings (SSSR count). The lowest BCUT2D eigenvalue weighted by Gasteiger charge is -2.30. The molecule has 0 fully saturated rings. The maximum absolute atomic E-state index is 3.70. The summed E-state index contributed by atoms with van der Waals surface area (Å²) in [6, 6.07) is 10.4. The molecule has 78 valence electrons. The third kappa shape index (κ3) is 2.45. The minimum absolute atomic E-state index is 0.199. The fourth-order valence-electron chi connectivity index (χ4n) is 1.67. The van der Waals surface area contributed by atoms with E-state index in [0.717, 1.165) is 0 Å². The normalized spacial score (nSPS) is 23.7. The molecule has 1 aliphatic rings. The molecule has 0 nitrogen and oxygen atoms in total. The lowest BCUT2D eigenvalue weighted by Crippen LogP contribution is -2.22. The highest BCUT2D eigenvalue weighted by molar-refractivity contribution is 9.25. The zero-order valence-corrected chi connectivity index (χ0v) is 12.6. The van der Waals surface area contributed by atoms with Crippen molar-refractivity contribution in [3.63, 3.8) is 0 Å². The monoisotopic (exact) mass is 390 g/mol. The fraction of sp³-hybridized carbons (Fsp3) is 0.167. The summed E-state index contributed by atoms with van der Waals surface area (Å²) in [4.78, 5) is 0. The van der Waals surface area contributed by atoms with Crippen molar-refractivity contribution in [2.75, 3.05) is 0 Å². The molecule has 0 bridgehead atoms. The number of hydrogen-bond donors (Lipinski definition) is 0. The molecule has 0 radical (unpaired) electrons. The molecule has 0 aliphatic heterocycles. The Morgan fingerprint density at radius 1 is 1.07 bits per heavy atom. The molecule has 0 aromatic heterocycles. The summed E-state index contributed by atoms with van der Waals surface area (Å²) in [6.45, 7) is 0. The maximum Gasteiger partial charge on any atom is 0.110 e. The topological polar surface area (TPSA) is 0 Å². The summed E-state index contributed by atoms with van der Waals surface area (Å²) in [5.41, 5.74) is 1.28. The van der Waals surface area contributed by atoms with Gasteiger partial charge in [-0.15, -0.1) is 0 Å². The average Bonchev–Trinajstić information content (AvgIpc) is 2.17. The van der Waals surface area contributed by atoms with E-state index in [-0.39, 0.29) is 9.15 Å². The van der Waals surface area contributed by atoms with Crippen LogP contribution in [0.5, 0.6) is 0 Å². The standard InChI is InChI=1S/C12H9Br3/c13-10-7-4-8-12(14,15)11(10)9-5-2-1-3-6-9/h1-8,11H. The zero-order valence-electron chi connectivity index (χ0n) is 7.83. The molecule has 0 amide bonds. The quantitative estimate of drug-likeness (QED) is 0.583. The second kappa shape index (κ2) is 4.56. The van der Waals surface area contributed by atoms with Crippen LogP contribution in [-0.4, -0.2) is 3.23 Å². The van der Waals surface area contributed by atoms with Crippen LogP contribution in [0.25, 0.3) is 0 Å². The highest BCUT2D eigenvalue weighted by Gasteiger charge is 2.35. The van der Waals surface area contributed by atoms with Crippen molar-refractivity contribution in [3.8, 4) is 0 Å². The summed E-state index contributed by atoms with van der Waals surface area (Å²) in [6.07, 6.45) is 6.22. The number of allylic oxidation sites excluding steroid dienone is 4. The van der Waals surface area contributed by atoms with Gasteiger partial charge in [0.1, 0.15) is 3.23 Å². The molecule has 1 aliphatic carbocycles. The van der Waals surface area contributed by atoms with E-state index in [1.54, 1.807) is 0 Å². The third-order valence-corrected chi connectivity index (χ3v) is 4.53. The van der Waals surface area contributed by atoms with Crippen LogP contribution in [0.15, 0.2) is 53.0 Å². The summed E-state index contributed by atoms with van der Waals surface area (Å²) in [5.74, 6) is 0.267. The molecule has 0 N–H and O–H groups in total. The number of alkyl halides is 2. The number of rotatable bonds is 1. The van der Waals surface area contributed by atoms with Gasteiger partial charge in [-0.3, -0.25) is 0 Å². The molecule has 1 atom stereocenters. The van der Waals surface area contributed by atoms with Crippen LogP contribution in [0.4, 0.5) is 0 Å². The molecule has 0 saturated heterocycles. The SMILES string of the molecule is BrC1=CC=CC(Br)(Br)C1c1ccccc1. The van der Waals surface area contributed by atoms with Crippen LogP contribution in [0, 0.1) is 0 Å². The first-order chi connectivity index (χ1) is 7.11. The van der Waals surface area contributed by atoms with E-state index < -0.39 is 0 Å². The van der Waals surface area contributed by atoms with Gasteiger partial charge in [0.25, 0.3) is 0 Å². The maximum atomic E-state index is 3.70. The first-order valence-electron chi connectivity index (χ1n) is 4.59. The van der Waals surface area contributed by atoms with E-state index >= 15 is 0 Å². The van der Waals surface area contributed by atoms with Gasteiger partial charge in [-0.2, -0.15) is 0 Å². The molecule has 3 heteroatoms. The van der Waals surface area contributed by atoms with Gasteiger partial charge in [0, 0.05) is 10.4 Å². The highest BCUT2D eigenvalue weighted by Crippen LogP contribution is 2.50. The Kier molecular flexibility index (Phi) is 3.53. The Bertz CT molecular complexity index is 404. The molecular weight excluding hydrogens is 384 g/mol. The van der Waals surface area contributed by atoms with Gasteiger partial charge in [-0.25, -0.2) is 0 Å². The largest absolute Gasteiger partial charge is 0.110 e. The first-order valence-corrected chi connectivity index (χ1v) is 6.97. The predicted octanol–water partition coefficient (Wildman–Crippen LogP) is 5.10. The molecule has 1 aromatic carbocycles. The molecule has 0 spiro atoms. The number of halogens is 3. The molecule has 1 unspecified atom stereocenters. The second-order valence-corrected chi connectivity index (χ2v) is 8.03. The Morgan fingerprint density at radius 3 is 2.33 bits per heavy atom. The van der Waals surface area contributed by atoms with Crippen LogP contribution in [0.3, 0.4) is 0 Å². The summed E-state index contributed by atoms with van der Waals surface area (Å²) < 4.78 is 0.972. The van der Waals surface area contributed by atoms with Gasteiger partial charge in [0.05, 0.1) is 0 Å². The van der Waals surface area contributed by atoms with E-state index in [2.05, 4.69) is 84.2 Å². The summed E-state index contributed by atoms with van der Waals surface area (Å²) in [7, 11) is 0. The molecule has 0 heterocycles. The van der Waals surface area contributed by atoms with Gasteiger partial charge in [-0.1, -0.05) is 96.3 Å². The Morgan fingerprint density at radius 2 is 1.73 bits per heavy atom. The molecule has 1 aromatic rings. The van der Waals surface area contributed by atoms with Crippen LogP contribution >= 0.6 is 47.8 Å². The van der Waals surface area contributed by atoms with E-state index in [0.29, 0.717) is 0 Å².